The van der Waals surface area contributed by atoms with E-state index in [1.54, 1.807) is 7.11 Å². The van der Waals surface area contributed by atoms with E-state index in [1.165, 1.54) is 22.4 Å². The van der Waals surface area contributed by atoms with Gasteiger partial charge in [0.2, 0.25) is 5.91 Å². The molecule has 1 aliphatic heterocycles. The average Bonchev–Trinajstić information content (AvgIpc) is 2.77. The second-order valence-electron chi connectivity index (χ2n) is 11.4. The number of amides is 1. The molecule has 2 aromatic carbocycles. The van der Waals surface area contributed by atoms with Crippen LogP contribution in [-0.4, -0.2) is 32.2 Å². The van der Waals surface area contributed by atoms with Gasteiger partial charge in [-0.1, -0.05) is 59.7 Å². The number of hydrogen-bond acceptors (Lipinski definition) is 3. The Morgan fingerprint density at radius 1 is 0.939 bits per heavy atom. The number of rotatable bonds is 6. The minimum Gasteiger partial charge on any atom is -0.381 e. The third kappa shape index (κ3) is 7.07. The Balaban J connectivity index is 1.59. The minimum absolute atomic E-state index is 0.0575. The normalized spacial score (nSPS) is 15.5. The first-order chi connectivity index (χ1) is 15.5. The monoisotopic (exact) mass is 450 g/mol. The molecular formula is C29H42N2O2. The number of carbonyl (C=O) groups is 1. The molecule has 4 nitrogen and oxygen atoms in total. The highest BCUT2D eigenvalue weighted by molar-refractivity contribution is 5.91. The Morgan fingerprint density at radius 2 is 1.48 bits per heavy atom. The molecule has 1 aliphatic rings. The molecule has 2 aromatic rings. The van der Waals surface area contributed by atoms with Gasteiger partial charge in [0.15, 0.2) is 0 Å². The Morgan fingerprint density at radius 3 is 1.97 bits per heavy atom. The Kier molecular flexibility index (Phi) is 7.89. The second-order valence-corrected chi connectivity index (χ2v) is 11.4. The van der Waals surface area contributed by atoms with Crippen molar-refractivity contribution < 1.29 is 9.53 Å². The summed E-state index contributed by atoms with van der Waals surface area (Å²) in [5.41, 5.74) is 6.12. The zero-order valence-electron chi connectivity index (χ0n) is 21.6. The summed E-state index contributed by atoms with van der Waals surface area (Å²) in [7, 11) is 1.79. The van der Waals surface area contributed by atoms with E-state index in [-0.39, 0.29) is 16.7 Å². The Bertz CT molecular complexity index is 895. The summed E-state index contributed by atoms with van der Waals surface area (Å²) < 4.78 is 5.46. The fourth-order valence-corrected chi connectivity index (χ4v) is 4.29. The van der Waals surface area contributed by atoms with Crippen LogP contribution in [0.2, 0.25) is 0 Å². The minimum atomic E-state index is 0.0575. The molecule has 1 heterocycles. The van der Waals surface area contributed by atoms with Crippen LogP contribution in [0.4, 0.5) is 11.4 Å². The highest BCUT2D eigenvalue weighted by atomic mass is 16.5. The molecule has 0 unspecified atom stereocenters. The number of benzene rings is 2. The first-order valence-electron chi connectivity index (χ1n) is 12.3. The van der Waals surface area contributed by atoms with E-state index >= 15 is 0 Å². The van der Waals surface area contributed by atoms with Gasteiger partial charge in [0, 0.05) is 38.0 Å². The van der Waals surface area contributed by atoms with Crippen LogP contribution >= 0.6 is 0 Å². The molecule has 0 saturated carbocycles. The number of piperidine rings is 1. The van der Waals surface area contributed by atoms with Crippen molar-refractivity contribution in [3.8, 4) is 0 Å². The maximum absolute atomic E-state index is 12.7. The van der Waals surface area contributed by atoms with Gasteiger partial charge in [-0.25, -0.2) is 0 Å². The lowest BCUT2D eigenvalue weighted by atomic mass is 9.79. The fourth-order valence-electron chi connectivity index (χ4n) is 4.29. The van der Waals surface area contributed by atoms with Gasteiger partial charge < -0.3 is 15.0 Å². The van der Waals surface area contributed by atoms with Crippen molar-refractivity contribution in [1.29, 1.82) is 0 Å². The van der Waals surface area contributed by atoms with Crippen molar-refractivity contribution in [3.05, 3.63) is 59.2 Å². The molecule has 0 aromatic heterocycles. The molecule has 0 radical (unpaired) electrons. The number of carbonyl (C=O) groups excluding carboxylic acids is 1. The number of nitrogens with zero attached hydrogens (tertiary/aromatic N) is 1. The maximum atomic E-state index is 12.7. The van der Waals surface area contributed by atoms with E-state index in [1.807, 2.05) is 12.1 Å². The lowest BCUT2D eigenvalue weighted by molar-refractivity contribution is -0.116. The van der Waals surface area contributed by atoms with Gasteiger partial charge in [0.05, 0.1) is 6.10 Å². The van der Waals surface area contributed by atoms with Gasteiger partial charge in [0.25, 0.3) is 0 Å². The lowest BCUT2D eigenvalue weighted by Crippen LogP contribution is -2.36. The predicted octanol–water partition coefficient (Wildman–Crippen LogP) is 6.47. The SMILES string of the molecule is COC1CCN(c2ccc(NC(=O)CCc3cc(C(C)(C)C)cc(C(C)(C)C)c3)cc2)CC1. The van der Waals surface area contributed by atoms with E-state index in [0.717, 1.165) is 38.0 Å². The average molecular weight is 451 g/mol. The molecule has 4 heteroatoms. The van der Waals surface area contributed by atoms with Crippen molar-refractivity contribution in [3.63, 3.8) is 0 Å². The largest absolute Gasteiger partial charge is 0.381 e. The van der Waals surface area contributed by atoms with E-state index in [4.69, 9.17) is 4.74 Å². The highest BCUT2D eigenvalue weighted by Crippen LogP contribution is 2.31. The molecule has 0 bridgehead atoms. The summed E-state index contributed by atoms with van der Waals surface area (Å²) in [6, 6.07) is 15.1. The molecule has 180 valence electrons. The van der Waals surface area contributed by atoms with Crippen molar-refractivity contribution >= 4 is 17.3 Å². The summed E-state index contributed by atoms with van der Waals surface area (Å²) in [6.45, 7) is 15.5. The molecule has 0 spiro atoms. The maximum Gasteiger partial charge on any atom is 0.224 e. The molecule has 1 amide bonds. The summed E-state index contributed by atoms with van der Waals surface area (Å²) in [5, 5.41) is 3.07. The molecule has 0 aliphatic carbocycles. The third-order valence-electron chi connectivity index (χ3n) is 6.66. The number of aryl methyl sites for hydroxylation is 1. The van der Waals surface area contributed by atoms with Crippen molar-refractivity contribution in [2.75, 3.05) is 30.4 Å². The number of anilines is 2. The molecule has 33 heavy (non-hydrogen) atoms. The number of hydrogen-bond donors (Lipinski definition) is 1. The summed E-state index contributed by atoms with van der Waals surface area (Å²) in [4.78, 5) is 15.1. The highest BCUT2D eigenvalue weighted by Gasteiger charge is 2.21. The van der Waals surface area contributed by atoms with Crippen LogP contribution in [0.1, 0.15) is 77.5 Å². The first kappa shape index (κ1) is 25.3. The van der Waals surface area contributed by atoms with Gasteiger partial charge in [-0.2, -0.15) is 0 Å². The molecule has 1 N–H and O–H groups in total. The van der Waals surface area contributed by atoms with Crippen molar-refractivity contribution in [2.45, 2.75) is 84.2 Å². The van der Waals surface area contributed by atoms with Crippen LogP contribution in [0.15, 0.2) is 42.5 Å². The smallest absolute Gasteiger partial charge is 0.224 e. The quantitative estimate of drug-likeness (QED) is 0.548. The van der Waals surface area contributed by atoms with Crippen molar-refractivity contribution in [1.82, 2.24) is 0 Å². The van der Waals surface area contributed by atoms with Gasteiger partial charge in [0.1, 0.15) is 0 Å². The first-order valence-corrected chi connectivity index (χ1v) is 12.3. The van der Waals surface area contributed by atoms with Crippen LogP contribution in [0.5, 0.6) is 0 Å². The molecule has 1 fully saturated rings. The van der Waals surface area contributed by atoms with E-state index in [0.29, 0.717) is 12.5 Å². The Labute approximate surface area is 200 Å². The van der Waals surface area contributed by atoms with Gasteiger partial charge in [-0.05, 0) is 71.0 Å². The topological polar surface area (TPSA) is 41.6 Å². The molecule has 3 rings (SSSR count). The van der Waals surface area contributed by atoms with Gasteiger partial charge in [-0.3, -0.25) is 4.79 Å². The predicted molar refractivity (Wildman–Crippen MR) is 139 cm³/mol. The molecular weight excluding hydrogens is 408 g/mol. The van der Waals surface area contributed by atoms with Crippen LogP contribution in [0.3, 0.4) is 0 Å². The number of nitrogens with one attached hydrogen (secondary N) is 1. The van der Waals surface area contributed by atoms with E-state index in [2.05, 4.69) is 82.1 Å². The summed E-state index contributed by atoms with van der Waals surface area (Å²) >= 11 is 0. The fraction of sp³-hybridized carbons (Fsp3) is 0.552. The van der Waals surface area contributed by atoms with Crippen LogP contribution in [-0.2, 0) is 26.8 Å². The zero-order chi connectivity index (χ0) is 24.2. The van der Waals surface area contributed by atoms with Gasteiger partial charge >= 0.3 is 0 Å². The van der Waals surface area contributed by atoms with Crippen LogP contribution in [0, 0.1) is 0 Å². The standard InChI is InChI=1S/C29H42N2O2/c1-28(2,3)22-18-21(19-23(20-22)29(4,5)6)8-13-27(32)30-24-9-11-25(12-10-24)31-16-14-26(33-7)15-17-31/h9-12,18-20,26H,8,13-17H2,1-7H3,(H,30,32). The number of methoxy groups -OCH3 is 1. The lowest BCUT2D eigenvalue weighted by Gasteiger charge is -2.33. The second kappa shape index (κ2) is 10.3. The summed E-state index contributed by atoms with van der Waals surface area (Å²) in [5.74, 6) is 0.0575. The van der Waals surface area contributed by atoms with E-state index in [9.17, 15) is 4.79 Å². The molecule has 0 atom stereocenters. The third-order valence-corrected chi connectivity index (χ3v) is 6.66. The van der Waals surface area contributed by atoms with Gasteiger partial charge in [-0.15, -0.1) is 0 Å². The Hall–Kier alpha value is -2.33. The van der Waals surface area contributed by atoms with Crippen LogP contribution in [0.25, 0.3) is 0 Å². The van der Waals surface area contributed by atoms with Crippen molar-refractivity contribution in [2.24, 2.45) is 0 Å². The molecule has 1 saturated heterocycles. The number of ether oxygens (including phenoxy) is 1. The zero-order valence-corrected chi connectivity index (χ0v) is 21.6. The van der Waals surface area contributed by atoms with Crippen LogP contribution < -0.4 is 10.2 Å². The summed E-state index contributed by atoms with van der Waals surface area (Å²) in [6.07, 6.45) is 3.71. The van der Waals surface area contributed by atoms with E-state index < -0.39 is 0 Å².